The van der Waals surface area contributed by atoms with E-state index in [0.717, 1.165) is 5.56 Å². The summed E-state index contributed by atoms with van der Waals surface area (Å²) < 4.78 is 13.8. The molecule has 2 rings (SSSR count). The zero-order valence-electron chi connectivity index (χ0n) is 11.8. The van der Waals surface area contributed by atoms with Gasteiger partial charge in [0.05, 0.1) is 11.1 Å². The molecule has 2 amide bonds. The number of aliphatic carboxylic acids is 1. The first kappa shape index (κ1) is 15.6. The van der Waals surface area contributed by atoms with Gasteiger partial charge in [-0.3, -0.25) is 4.90 Å². The summed E-state index contributed by atoms with van der Waals surface area (Å²) in [5.41, 5.74) is 0.804. The van der Waals surface area contributed by atoms with Crippen molar-refractivity contribution in [3.05, 3.63) is 29.6 Å². The van der Waals surface area contributed by atoms with Gasteiger partial charge in [-0.25, -0.2) is 14.0 Å². The number of nitrogens with zero attached hydrogens (tertiary/aromatic N) is 1. The molecule has 5 nitrogen and oxygen atoms in total. The minimum Gasteiger partial charge on any atom is -0.480 e. The number of carbonyl (C=O) groups excluding carboxylic acids is 1. The first-order valence-electron chi connectivity index (χ1n) is 6.64. The Morgan fingerprint density at radius 1 is 1.52 bits per heavy atom. The maximum atomic E-state index is 13.8. The van der Waals surface area contributed by atoms with Crippen LogP contribution in [0.5, 0.6) is 0 Å². The summed E-state index contributed by atoms with van der Waals surface area (Å²) in [5, 5.41) is 11.4. The first-order chi connectivity index (χ1) is 9.93. The highest BCUT2D eigenvalue weighted by Gasteiger charge is 2.41. The third kappa shape index (κ3) is 3.29. The van der Waals surface area contributed by atoms with Gasteiger partial charge in [-0.1, -0.05) is 13.0 Å². The molecule has 1 saturated heterocycles. The molecule has 1 aliphatic rings. The second kappa shape index (κ2) is 6.34. The van der Waals surface area contributed by atoms with Crippen molar-refractivity contribution >= 4 is 29.4 Å². The minimum absolute atomic E-state index is 0.0569. The second-order valence-corrected chi connectivity index (χ2v) is 6.08. The molecule has 2 atom stereocenters. The molecule has 0 saturated carbocycles. The second-order valence-electron chi connectivity index (χ2n) is 4.87. The summed E-state index contributed by atoms with van der Waals surface area (Å²) in [6.07, 6.45) is 0.637. The number of hydrogen-bond acceptors (Lipinski definition) is 3. The average Bonchev–Trinajstić information content (AvgIpc) is 2.86. The van der Waals surface area contributed by atoms with Gasteiger partial charge in [0.25, 0.3) is 0 Å². The maximum Gasteiger partial charge on any atom is 0.327 e. The third-order valence-corrected chi connectivity index (χ3v) is 4.78. The Bertz CT molecular complexity index is 567. The normalized spacial score (nSPS) is 21.4. The van der Waals surface area contributed by atoms with Crippen LogP contribution in [-0.4, -0.2) is 39.2 Å². The Hall–Kier alpha value is -1.76. The van der Waals surface area contributed by atoms with Crippen LogP contribution >= 0.6 is 11.8 Å². The number of urea groups is 1. The third-order valence-electron chi connectivity index (χ3n) is 3.33. The molecular formula is C14H17FN2O3S. The average molecular weight is 312 g/mol. The van der Waals surface area contributed by atoms with Gasteiger partial charge in [-0.15, -0.1) is 11.8 Å². The predicted molar refractivity (Wildman–Crippen MR) is 80.0 cm³/mol. The van der Waals surface area contributed by atoms with Crippen LogP contribution in [0.1, 0.15) is 18.9 Å². The molecule has 0 bridgehead atoms. The van der Waals surface area contributed by atoms with Gasteiger partial charge in [0.15, 0.2) is 0 Å². The summed E-state index contributed by atoms with van der Waals surface area (Å²) >= 11 is 1.42. The highest BCUT2D eigenvalue weighted by molar-refractivity contribution is 8.00. The molecular weight excluding hydrogens is 295 g/mol. The van der Waals surface area contributed by atoms with Crippen LogP contribution in [0.15, 0.2) is 18.2 Å². The van der Waals surface area contributed by atoms with Gasteiger partial charge in [-0.05, 0) is 31.0 Å². The van der Waals surface area contributed by atoms with E-state index in [4.69, 9.17) is 0 Å². The van der Waals surface area contributed by atoms with E-state index in [2.05, 4.69) is 5.32 Å². The predicted octanol–water partition coefficient (Wildman–Crippen LogP) is 2.90. The molecule has 2 N–H and O–H groups in total. The standard InChI is InChI=1S/C14H17FN2O3S/c1-3-12-17(11(7-21-12)13(18)19)14(20)16-10-5-4-8(2)6-9(10)15/h4-6,11-12H,3,7H2,1-2H3,(H,16,20)(H,18,19). The van der Waals surface area contributed by atoms with Crippen molar-refractivity contribution in [2.24, 2.45) is 0 Å². The summed E-state index contributed by atoms with van der Waals surface area (Å²) in [6, 6.07) is 3.02. The topological polar surface area (TPSA) is 69.6 Å². The number of aryl methyl sites for hydroxylation is 1. The van der Waals surface area contributed by atoms with E-state index in [9.17, 15) is 19.1 Å². The lowest BCUT2D eigenvalue weighted by atomic mass is 10.2. The van der Waals surface area contributed by atoms with Crippen molar-refractivity contribution in [3.8, 4) is 0 Å². The number of halogens is 1. The van der Waals surface area contributed by atoms with E-state index in [1.807, 2.05) is 6.92 Å². The summed E-state index contributed by atoms with van der Waals surface area (Å²) in [5.74, 6) is -1.23. The van der Waals surface area contributed by atoms with Crippen molar-refractivity contribution in [1.82, 2.24) is 4.90 Å². The van der Waals surface area contributed by atoms with Crippen LogP contribution in [0.3, 0.4) is 0 Å². The van der Waals surface area contributed by atoms with Gasteiger partial charge in [0.2, 0.25) is 0 Å². The van der Waals surface area contributed by atoms with Crippen molar-refractivity contribution < 1.29 is 19.1 Å². The molecule has 1 fully saturated rings. The van der Waals surface area contributed by atoms with E-state index >= 15 is 0 Å². The monoisotopic (exact) mass is 312 g/mol. The number of carboxylic acid groups (broad SMARTS) is 1. The fourth-order valence-electron chi connectivity index (χ4n) is 2.24. The fraction of sp³-hybridized carbons (Fsp3) is 0.429. The Morgan fingerprint density at radius 3 is 2.81 bits per heavy atom. The van der Waals surface area contributed by atoms with Crippen molar-refractivity contribution in [3.63, 3.8) is 0 Å². The lowest BCUT2D eigenvalue weighted by Gasteiger charge is -2.26. The van der Waals surface area contributed by atoms with E-state index in [-0.39, 0.29) is 11.1 Å². The Kier molecular flexibility index (Phi) is 4.72. The van der Waals surface area contributed by atoms with Crippen molar-refractivity contribution in [1.29, 1.82) is 0 Å². The molecule has 0 aliphatic carbocycles. The number of rotatable bonds is 3. The van der Waals surface area contributed by atoms with E-state index < -0.39 is 23.9 Å². The van der Waals surface area contributed by atoms with Crippen LogP contribution in [0.2, 0.25) is 0 Å². The summed E-state index contributed by atoms with van der Waals surface area (Å²) in [6.45, 7) is 3.63. The number of amides is 2. The zero-order chi connectivity index (χ0) is 15.6. The molecule has 1 aromatic rings. The van der Waals surface area contributed by atoms with Crippen LogP contribution in [0.4, 0.5) is 14.9 Å². The van der Waals surface area contributed by atoms with Crippen LogP contribution in [0.25, 0.3) is 0 Å². The SMILES string of the molecule is CCC1SCC(C(=O)O)N1C(=O)Nc1ccc(C)cc1F. The van der Waals surface area contributed by atoms with Crippen molar-refractivity contribution in [2.45, 2.75) is 31.7 Å². The van der Waals surface area contributed by atoms with Crippen molar-refractivity contribution in [2.75, 3.05) is 11.1 Å². The lowest BCUT2D eigenvalue weighted by Crippen LogP contribution is -2.47. The quantitative estimate of drug-likeness (QED) is 0.900. The molecule has 1 aliphatic heterocycles. The number of nitrogens with one attached hydrogen (secondary N) is 1. The number of benzene rings is 1. The zero-order valence-corrected chi connectivity index (χ0v) is 12.6. The van der Waals surface area contributed by atoms with E-state index in [1.54, 1.807) is 13.0 Å². The number of anilines is 1. The molecule has 0 spiro atoms. The van der Waals surface area contributed by atoms with Gasteiger partial charge in [0.1, 0.15) is 11.9 Å². The van der Waals surface area contributed by atoms with Gasteiger partial charge in [0, 0.05) is 5.75 Å². The molecule has 0 radical (unpaired) electrons. The van der Waals surface area contributed by atoms with Crippen LogP contribution < -0.4 is 5.32 Å². The number of carbonyl (C=O) groups is 2. The number of hydrogen-bond donors (Lipinski definition) is 2. The number of thioether (sulfide) groups is 1. The smallest absolute Gasteiger partial charge is 0.327 e. The van der Waals surface area contributed by atoms with E-state index in [1.165, 1.54) is 28.8 Å². The Morgan fingerprint density at radius 2 is 2.24 bits per heavy atom. The molecule has 2 unspecified atom stereocenters. The molecule has 21 heavy (non-hydrogen) atoms. The van der Waals surface area contributed by atoms with Gasteiger partial charge < -0.3 is 10.4 Å². The highest BCUT2D eigenvalue weighted by Crippen LogP contribution is 2.32. The van der Waals surface area contributed by atoms with E-state index in [0.29, 0.717) is 12.2 Å². The summed E-state index contributed by atoms with van der Waals surface area (Å²) in [4.78, 5) is 24.8. The Labute approximate surface area is 126 Å². The fourth-order valence-corrected chi connectivity index (χ4v) is 3.59. The first-order valence-corrected chi connectivity index (χ1v) is 7.68. The number of carboxylic acids is 1. The van der Waals surface area contributed by atoms with Crippen LogP contribution in [0, 0.1) is 12.7 Å². The lowest BCUT2D eigenvalue weighted by molar-refractivity contribution is -0.141. The van der Waals surface area contributed by atoms with Gasteiger partial charge in [-0.2, -0.15) is 0 Å². The molecule has 114 valence electrons. The minimum atomic E-state index is -1.04. The molecule has 1 heterocycles. The molecule has 1 aromatic carbocycles. The highest BCUT2D eigenvalue weighted by atomic mass is 32.2. The van der Waals surface area contributed by atoms with Crippen LogP contribution in [-0.2, 0) is 4.79 Å². The Balaban J connectivity index is 2.18. The summed E-state index contributed by atoms with van der Waals surface area (Å²) in [7, 11) is 0. The van der Waals surface area contributed by atoms with Gasteiger partial charge >= 0.3 is 12.0 Å². The largest absolute Gasteiger partial charge is 0.480 e. The molecule has 7 heteroatoms. The maximum absolute atomic E-state index is 13.8. The molecule has 0 aromatic heterocycles.